The summed E-state index contributed by atoms with van der Waals surface area (Å²) in [5.74, 6) is 1.63. The van der Waals surface area contributed by atoms with E-state index in [1.54, 1.807) is 0 Å². The van der Waals surface area contributed by atoms with Crippen molar-refractivity contribution in [2.45, 2.75) is 39.0 Å². The normalized spacial score (nSPS) is 17.1. The molecule has 138 valence electrons. The zero-order valence-electron chi connectivity index (χ0n) is 15.8. The van der Waals surface area contributed by atoms with Crippen molar-refractivity contribution >= 4 is 11.6 Å². The molecule has 1 amide bonds. The third kappa shape index (κ3) is 3.37. The summed E-state index contributed by atoms with van der Waals surface area (Å²) in [5, 5.41) is 4.15. The molecule has 1 saturated heterocycles. The number of nitrogens with zero attached hydrogens (tertiary/aromatic N) is 3. The highest BCUT2D eigenvalue weighted by Gasteiger charge is 2.34. The van der Waals surface area contributed by atoms with E-state index in [2.05, 4.69) is 36.1 Å². The van der Waals surface area contributed by atoms with Crippen LogP contribution >= 0.6 is 0 Å². The highest BCUT2D eigenvalue weighted by molar-refractivity contribution is 5.96. The van der Waals surface area contributed by atoms with Crippen LogP contribution in [0.1, 0.15) is 49.1 Å². The maximum Gasteiger partial charge on any atom is 0.258 e. The number of carbonyl (C=O) groups is 1. The average Bonchev–Trinajstić information content (AvgIpc) is 3.29. The van der Waals surface area contributed by atoms with Gasteiger partial charge in [0, 0.05) is 30.1 Å². The molecule has 0 bridgehead atoms. The van der Waals surface area contributed by atoms with Crippen LogP contribution in [0.3, 0.4) is 0 Å². The molecular formula is C22H23N3O2. The van der Waals surface area contributed by atoms with E-state index in [-0.39, 0.29) is 11.8 Å². The lowest BCUT2D eigenvalue weighted by atomic mass is 10.0. The second-order valence-corrected chi connectivity index (χ2v) is 7.42. The minimum atomic E-state index is -0.0520. The Bertz CT molecular complexity index is 960. The summed E-state index contributed by atoms with van der Waals surface area (Å²) in [6, 6.07) is 16.1. The van der Waals surface area contributed by atoms with Gasteiger partial charge in [0.1, 0.15) is 0 Å². The van der Waals surface area contributed by atoms with E-state index in [0.29, 0.717) is 30.6 Å². The zero-order valence-corrected chi connectivity index (χ0v) is 15.8. The van der Waals surface area contributed by atoms with Crippen LogP contribution in [0.2, 0.25) is 0 Å². The number of aromatic nitrogens is 2. The predicted octanol–water partition coefficient (Wildman–Crippen LogP) is 4.69. The fourth-order valence-electron chi connectivity index (χ4n) is 3.49. The molecule has 1 aromatic heterocycles. The first-order valence-corrected chi connectivity index (χ1v) is 9.33. The lowest BCUT2D eigenvalue weighted by molar-refractivity contribution is -0.117. The van der Waals surface area contributed by atoms with Gasteiger partial charge >= 0.3 is 0 Å². The maximum absolute atomic E-state index is 12.5. The molecule has 1 unspecified atom stereocenters. The largest absolute Gasteiger partial charge is 0.334 e. The average molecular weight is 361 g/mol. The highest BCUT2D eigenvalue weighted by Crippen LogP contribution is 2.32. The van der Waals surface area contributed by atoms with Crippen LogP contribution in [-0.2, 0) is 4.79 Å². The summed E-state index contributed by atoms with van der Waals surface area (Å²) in [6.07, 6.45) is 0.401. The molecular weight excluding hydrogens is 338 g/mol. The summed E-state index contributed by atoms with van der Waals surface area (Å²) < 4.78 is 5.47. The Hall–Kier alpha value is -2.95. The van der Waals surface area contributed by atoms with E-state index in [9.17, 15) is 4.79 Å². The maximum atomic E-state index is 12.5. The van der Waals surface area contributed by atoms with Gasteiger partial charge in [0.15, 0.2) is 5.82 Å². The Balaban J connectivity index is 1.53. The lowest BCUT2D eigenvalue weighted by Gasteiger charge is -2.17. The van der Waals surface area contributed by atoms with Crippen LogP contribution in [0.5, 0.6) is 0 Å². The Kier molecular flexibility index (Phi) is 4.52. The fraction of sp³-hybridized carbons (Fsp3) is 0.318. The van der Waals surface area contributed by atoms with Gasteiger partial charge in [0.2, 0.25) is 5.91 Å². The van der Waals surface area contributed by atoms with Gasteiger partial charge in [-0.05, 0) is 42.2 Å². The van der Waals surface area contributed by atoms with E-state index in [0.717, 1.165) is 16.8 Å². The van der Waals surface area contributed by atoms with Crippen LogP contribution in [-0.4, -0.2) is 22.6 Å². The van der Waals surface area contributed by atoms with E-state index < -0.39 is 0 Å². The van der Waals surface area contributed by atoms with Crippen LogP contribution < -0.4 is 4.90 Å². The monoisotopic (exact) mass is 361 g/mol. The van der Waals surface area contributed by atoms with Crippen molar-refractivity contribution in [2.75, 3.05) is 11.4 Å². The topological polar surface area (TPSA) is 59.2 Å². The number of hydrogen-bond donors (Lipinski definition) is 0. The zero-order chi connectivity index (χ0) is 19.0. The Labute approximate surface area is 159 Å². The van der Waals surface area contributed by atoms with E-state index in [1.807, 2.05) is 48.2 Å². The summed E-state index contributed by atoms with van der Waals surface area (Å²) in [7, 11) is 0. The van der Waals surface area contributed by atoms with Gasteiger partial charge in [-0.15, -0.1) is 0 Å². The molecule has 1 aliphatic rings. The Morgan fingerprint density at radius 2 is 1.85 bits per heavy atom. The Morgan fingerprint density at radius 3 is 2.56 bits per heavy atom. The van der Waals surface area contributed by atoms with Gasteiger partial charge in [0.05, 0.1) is 0 Å². The van der Waals surface area contributed by atoms with E-state index in [1.165, 1.54) is 5.56 Å². The van der Waals surface area contributed by atoms with Crippen LogP contribution in [0.25, 0.3) is 11.5 Å². The Morgan fingerprint density at radius 1 is 1.11 bits per heavy atom. The quantitative estimate of drug-likeness (QED) is 0.676. The minimum absolute atomic E-state index is 0.0520. The number of benzene rings is 2. The molecule has 3 aromatic rings. The highest BCUT2D eigenvalue weighted by atomic mass is 16.5. The standard InChI is InChI=1S/C22H23N3O2/c1-14(2)16-8-10-18(11-9-16)25-13-17(12-20(25)26)21-23-22(27-24-21)19-7-5-4-6-15(19)3/h4-11,14,17H,12-13H2,1-3H3. The molecule has 4 rings (SSSR count). The number of hydrogen-bond acceptors (Lipinski definition) is 4. The van der Waals surface area contributed by atoms with Crippen molar-refractivity contribution < 1.29 is 9.32 Å². The second-order valence-electron chi connectivity index (χ2n) is 7.42. The van der Waals surface area contributed by atoms with Gasteiger partial charge < -0.3 is 9.42 Å². The summed E-state index contributed by atoms with van der Waals surface area (Å²) >= 11 is 0. The molecule has 0 aliphatic carbocycles. The van der Waals surface area contributed by atoms with Crippen molar-refractivity contribution in [1.82, 2.24) is 10.1 Å². The number of anilines is 1. The molecule has 5 heteroatoms. The summed E-state index contributed by atoms with van der Waals surface area (Å²) in [6.45, 7) is 6.91. The molecule has 1 atom stereocenters. The second kappa shape index (κ2) is 6.99. The predicted molar refractivity (Wildman–Crippen MR) is 105 cm³/mol. The SMILES string of the molecule is Cc1ccccc1-c1nc(C2CC(=O)N(c3ccc(C(C)C)cc3)C2)no1. The van der Waals surface area contributed by atoms with Crippen LogP contribution in [0.4, 0.5) is 5.69 Å². The van der Waals surface area contributed by atoms with Crippen molar-refractivity contribution in [3.63, 3.8) is 0 Å². The molecule has 0 radical (unpaired) electrons. The molecule has 0 N–H and O–H groups in total. The van der Waals surface area contributed by atoms with Crippen molar-refractivity contribution in [3.05, 3.63) is 65.5 Å². The van der Waals surface area contributed by atoms with Crippen LogP contribution in [0.15, 0.2) is 53.1 Å². The molecule has 1 aliphatic heterocycles. The first-order valence-electron chi connectivity index (χ1n) is 9.33. The van der Waals surface area contributed by atoms with Gasteiger partial charge in [-0.2, -0.15) is 4.98 Å². The third-order valence-corrected chi connectivity index (χ3v) is 5.18. The van der Waals surface area contributed by atoms with E-state index in [4.69, 9.17) is 4.52 Å². The number of amides is 1. The van der Waals surface area contributed by atoms with Gasteiger partial charge in [-0.1, -0.05) is 49.3 Å². The molecule has 2 aromatic carbocycles. The summed E-state index contributed by atoms with van der Waals surface area (Å²) in [4.78, 5) is 18.9. The van der Waals surface area contributed by atoms with Crippen molar-refractivity contribution in [3.8, 4) is 11.5 Å². The molecule has 0 spiro atoms. The number of aryl methyl sites for hydroxylation is 1. The summed E-state index contributed by atoms with van der Waals surface area (Å²) in [5.41, 5.74) is 4.21. The molecule has 1 fully saturated rings. The molecule has 2 heterocycles. The molecule has 0 saturated carbocycles. The third-order valence-electron chi connectivity index (χ3n) is 5.18. The first-order chi connectivity index (χ1) is 13.0. The number of rotatable bonds is 4. The minimum Gasteiger partial charge on any atom is -0.334 e. The number of carbonyl (C=O) groups excluding carboxylic acids is 1. The first kappa shape index (κ1) is 17.5. The molecule has 5 nitrogen and oxygen atoms in total. The van der Waals surface area contributed by atoms with E-state index >= 15 is 0 Å². The van der Waals surface area contributed by atoms with Crippen molar-refractivity contribution in [1.29, 1.82) is 0 Å². The fourth-order valence-corrected chi connectivity index (χ4v) is 3.49. The van der Waals surface area contributed by atoms with Gasteiger partial charge in [-0.25, -0.2) is 0 Å². The van der Waals surface area contributed by atoms with Gasteiger partial charge in [0.25, 0.3) is 5.89 Å². The van der Waals surface area contributed by atoms with Gasteiger partial charge in [-0.3, -0.25) is 4.79 Å². The van der Waals surface area contributed by atoms with Crippen molar-refractivity contribution in [2.24, 2.45) is 0 Å². The smallest absolute Gasteiger partial charge is 0.258 e. The lowest BCUT2D eigenvalue weighted by Crippen LogP contribution is -2.24. The van der Waals surface area contributed by atoms with Crippen LogP contribution in [0, 0.1) is 6.92 Å². The molecule has 27 heavy (non-hydrogen) atoms.